The number of terminal acetylenes is 1. The number of aromatic carboxylic acids is 1. The van der Waals surface area contributed by atoms with Crippen LogP contribution in [0.1, 0.15) is 10.4 Å². The molecule has 0 unspecified atom stereocenters. The lowest BCUT2D eigenvalue weighted by atomic mass is 10.2. The molecule has 0 aromatic heterocycles. The predicted octanol–water partition coefficient (Wildman–Crippen LogP) is 0.522. The van der Waals surface area contributed by atoms with Crippen LogP contribution in [0.3, 0.4) is 0 Å². The minimum atomic E-state index is -1.07. The number of hydrogen-bond acceptors (Lipinski definition) is 4. The Balaban J connectivity index is 2.71. The summed E-state index contributed by atoms with van der Waals surface area (Å²) >= 11 is 0. The summed E-state index contributed by atoms with van der Waals surface area (Å²) in [7, 11) is 1.38. The number of carbonyl (C=O) groups is 2. The fraction of sp³-hybridized carbons (Fsp3) is 0.231. The van der Waals surface area contributed by atoms with Crippen LogP contribution in [0.25, 0.3) is 0 Å². The van der Waals surface area contributed by atoms with Crippen LogP contribution in [0.15, 0.2) is 18.2 Å². The van der Waals surface area contributed by atoms with E-state index in [1.165, 1.54) is 25.3 Å². The molecule has 1 aromatic rings. The van der Waals surface area contributed by atoms with E-state index in [2.05, 4.69) is 11.2 Å². The highest BCUT2D eigenvalue weighted by molar-refractivity contribution is 5.88. The number of hydrogen-bond donors (Lipinski definition) is 2. The van der Waals surface area contributed by atoms with Gasteiger partial charge in [-0.15, -0.1) is 6.42 Å². The van der Waals surface area contributed by atoms with Crippen LogP contribution in [0, 0.1) is 12.3 Å². The fourth-order valence-corrected chi connectivity index (χ4v) is 1.26. The molecule has 6 heteroatoms. The van der Waals surface area contributed by atoms with Gasteiger partial charge in [-0.1, -0.05) is 5.92 Å². The molecule has 0 saturated carbocycles. The third-order valence-corrected chi connectivity index (χ3v) is 2.16. The van der Waals surface area contributed by atoms with Crippen LogP contribution in [0.2, 0.25) is 0 Å². The zero-order valence-electron chi connectivity index (χ0n) is 10.3. The zero-order chi connectivity index (χ0) is 14.3. The average molecular weight is 263 g/mol. The van der Waals surface area contributed by atoms with Gasteiger partial charge in [0, 0.05) is 0 Å². The van der Waals surface area contributed by atoms with Crippen molar-refractivity contribution in [3.05, 3.63) is 23.8 Å². The average Bonchev–Trinajstić information content (AvgIpc) is 2.42. The molecule has 0 aliphatic heterocycles. The Morgan fingerprint density at radius 2 is 2.16 bits per heavy atom. The molecule has 1 aromatic carbocycles. The first kappa shape index (κ1) is 14.4. The summed E-state index contributed by atoms with van der Waals surface area (Å²) in [4.78, 5) is 22.1. The molecule has 0 spiro atoms. The number of benzene rings is 1. The quantitative estimate of drug-likeness (QED) is 0.731. The van der Waals surface area contributed by atoms with Crippen LogP contribution in [0.5, 0.6) is 11.5 Å². The van der Waals surface area contributed by atoms with Crippen molar-refractivity contribution in [1.82, 2.24) is 5.32 Å². The molecular formula is C13H13NO5. The summed E-state index contributed by atoms with van der Waals surface area (Å²) in [6, 6.07) is 4.10. The van der Waals surface area contributed by atoms with E-state index in [4.69, 9.17) is 21.0 Å². The predicted molar refractivity (Wildman–Crippen MR) is 67.3 cm³/mol. The summed E-state index contributed by atoms with van der Waals surface area (Å²) in [5.41, 5.74) is 0.0704. The fourth-order valence-electron chi connectivity index (χ4n) is 1.26. The van der Waals surface area contributed by atoms with Gasteiger partial charge in [-0.3, -0.25) is 4.79 Å². The van der Waals surface area contributed by atoms with Crippen molar-refractivity contribution < 1.29 is 24.2 Å². The number of methoxy groups -OCH3 is 1. The molecule has 0 bridgehead atoms. The summed E-state index contributed by atoms with van der Waals surface area (Å²) in [5, 5.41) is 11.3. The molecule has 0 aliphatic rings. The van der Waals surface area contributed by atoms with E-state index in [-0.39, 0.29) is 36.1 Å². The minimum absolute atomic E-state index is 0.0704. The Kier molecular flexibility index (Phi) is 5.23. The Morgan fingerprint density at radius 1 is 1.42 bits per heavy atom. The lowest BCUT2D eigenvalue weighted by molar-refractivity contribution is -0.122. The largest absolute Gasteiger partial charge is 0.493 e. The molecule has 0 saturated heterocycles. The van der Waals surface area contributed by atoms with Crippen molar-refractivity contribution in [2.24, 2.45) is 0 Å². The van der Waals surface area contributed by atoms with Crippen LogP contribution < -0.4 is 14.8 Å². The van der Waals surface area contributed by atoms with Gasteiger partial charge in [-0.05, 0) is 18.2 Å². The summed E-state index contributed by atoms with van der Waals surface area (Å²) in [6.45, 7) is -0.109. The summed E-state index contributed by atoms with van der Waals surface area (Å²) < 4.78 is 10.2. The normalized spacial score (nSPS) is 9.26. The van der Waals surface area contributed by atoms with Crippen molar-refractivity contribution in [3.63, 3.8) is 0 Å². The first-order chi connectivity index (χ1) is 9.08. The first-order valence-corrected chi connectivity index (χ1v) is 5.32. The van der Waals surface area contributed by atoms with Crippen molar-refractivity contribution in [1.29, 1.82) is 0 Å². The monoisotopic (exact) mass is 263 g/mol. The van der Waals surface area contributed by atoms with Crippen LogP contribution >= 0.6 is 0 Å². The second-order valence-corrected chi connectivity index (χ2v) is 3.44. The molecule has 100 valence electrons. The SMILES string of the molecule is C#CCNC(=O)COc1ccc(C(=O)O)cc1OC. The Bertz CT molecular complexity index is 518. The molecular weight excluding hydrogens is 250 g/mol. The van der Waals surface area contributed by atoms with E-state index in [0.717, 1.165) is 0 Å². The number of nitrogens with one attached hydrogen (secondary N) is 1. The molecule has 2 N–H and O–H groups in total. The van der Waals surface area contributed by atoms with E-state index in [9.17, 15) is 9.59 Å². The van der Waals surface area contributed by atoms with Gasteiger partial charge < -0.3 is 19.9 Å². The van der Waals surface area contributed by atoms with E-state index >= 15 is 0 Å². The maximum atomic E-state index is 11.3. The molecule has 0 heterocycles. The maximum Gasteiger partial charge on any atom is 0.335 e. The van der Waals surface area contributed by atoms with Gasteiger partial charge in [0.25, 0.3) is 5.91 Å². The van der Waals surface area contributed by atoms with Gasteiger partial charge in [0.15, 0.2) is 18.1 Å². The summed E-state index contributed by atoms with van der Waals surface area (Å²) in [5.74, 6) is 1.34. The van der Waals surface area contributed by atoms with Gasteiger partial charge in [-0.25, -0.2) is 4.79 Å². The van der Waals surface area contributed by atoms with Crippen molar-refractivity contribution >= 4 is 11.9 Å². The van der Waals surface area contributed by atoms with E-state index < -0.39 is 5.97 Å². The van der Waals surface area contributed by atoms with Crippen molar-refractivity contribution in [2.75, 3.05) is 20.3 Å². The zero-order valence-corrected chi connectivity index (χ0v) is 10.3. The van der Waals surface area contributed by atoms with E-state index in [0.29, 0.717) is 0 Å². The van der Waals surface area contributed by atoms with Gasteiger partial charge in [0.1, 0.15) is 0 Å². The van der Waals surface area contributed by atoms with Gasteiger partial charge in [0.05, 0.1) is 19.2 Å². The molecule has 1 amide bonds. The number of carbonyl (C=O) groups excluding carboxylic acids is 1. The second kappa shape index (κ2) is 6.91. The maximum absolute atomic E-state index is 11.3. The Morgan fingerprint density at radius 3 is 2.74 bits per heavy atom. The number of amides is 1. The van der Waals surface area contributed by atoms with Crippen molar-refractivity contribution in [3.8, 4) is 23.8 Å². The number of carboxylic acids is 1. The van der Waals surface area contributed by atoms with E-state index in [1.807, 2.05) is 0 Å². The standard InChI is InChI=1S/C13H13NO5/c1-3-6-14-12(15)8-19-10-5-4-9(13(16)17)7-11(10)18-2/h1,4-5,7H,6,8H2,2H3,(H,14,15)(H,16,17). The third-order valence-electron chi connectivity index (χ3n) is 2.16. The molecule has 1 rings (SSSR count). The minimum Gasteiger partial charge on any atom is -0.493 e. The number of ether oxygens (including phenoxy) is 2. The highest BCUT2D eigenvalue weighted by Crippen LogP contribution is 2.27. The van der Waals surface area contributed by atoms with Gasteiger partial charge in [0.2, 0.25) is 0 Å². The number of rotatable bonds is 6. The molecule has 19 heavy (non-hydrogen) atoms. The highest BCUT2D eigenvalue weighted by Gasteiger charge is 2.11. The van der Waals surface area contributed by atoms with Crippen LogP contribution in [0.4, 0.5) is 0 Å². The second-order valence-electron chi connectivity index (χ2n) is 3.44. The Labute approximate surface area is 110 Å². The van der Waals surface area contributed by atoms with E-state index in [1.54, 1.807) is 0 Å². The molecule has 0 atom stereocenters. The first-order valence-electron chi connectivity index (χ1n) is 5.32. The molecule has 0 aliphatic carbocycles. The number of carboxylic acid groups (broad SMARTS) is 1. The Hall–Kier alpha value is -2.68. The van der Waals surface area contributed by atoms with Gasteiger partial charge in [-0.2, -0.15) is 0 Å². The van der Waals surface area contributed by atoms with Crippen molar-refractivity contribution in [2.45, 2.75) is 0 Å². The highest BCUT2D eigenvalue weighted by atomic mass is 16.5. The van der Waals surface area contributed by atoms with Crippen LogP contribution in [-0.2, 0) is 4.79 Å². The lowest BCUT2D eigenvalue weighted by Gasteiger charge is -2.10. The third kappa shape index (κ3) is 4.24. The summed E-state index contributed by atoms with van der Waals surface area (Å²) in [6.07, 6.45) is 4.99. The lowest BCUT2D eigenvalue weighted by Crippen LogP contribution is -2.29. The smallest absolute Gasteiger partial charge is 0.335 e. The molecule has 0 radical (unpaired) electrons. The van der Waals surface area contributed by atoms with Gasteiger partial charge >= 0.3 is 5.97 Å². The molecule has 0 fully saturated rings. The topological polar surface area (TPSA) is 84.9 Å². The van der Waals surface area contributed by atoms with Crippen LogP contribution in [-0.4, -0.2) is 37.2 Å². The molecule has 6 nitrogen and oxygen atoms in total.